The number of aromatic nitrogens is 1. The van der Waals surface area contributed by atoms with E-state index in [9.17, 15) is 9.90 Å². The van der Waals surface area contributed by atoms with Gasteiger partial charge in [0.05, 0.1) is 0 Å². The average Bonchev–Trinajstić information content (AvgIpc) is 3.26. The van der Waals surface area contributed by atoms with Crippen molar-refractivity contribution < 1.29 is 15.0 Å². The highest BCUT2D eigenvalue weighted by molar-refractivity contribution is 5.79. The van der Waals surface area contributed by atoms with Crippen molar-refractivity contribution in [2.75, 3.05) is 5.32 Å². The van der Waals surface area contributed by atoms with Gasteiger partial charge < -0.3 is 20.5 Å². The topological polar surface area (TPSA) is 85.4 Å². The molecule has 0 radical (unpaired) electrons. The predicted octanol–water partition coefficient (Wildman–Crippen LogP) is 6.53. The summed E-state index contributed by atoms with van der Waals surface area (Å²) in [4.78, 5) is 14.1. The molecular weight excluding hydrogens is 388 g/mol. The number of aliphatic carboxylic acids is 1. The number of unbranched alkanes of at least 4 members (excludes halogenated alkanes) is 4. The van der Waals surface area contributed by atoms with E-state index in [4.69, 9.17) is 5.11 Å². The maximum absolute atomic E-state index is 11.0. The van der Waals surface area contributed by atoms with Crippen molar-refractivity contribution in [3.63, 3.8) is 0 Å². The van der Waals surface area contributed by atoms with E-state index in [0.717, 1.165) is 31.5 Å². The van der Waals surface area contributed by atoms with Crippen LogP contribution in [0.4, 0.5) is 5.82 Å². The van der Waals surface area contributed by atoms with Crippen LogP contribution < -0.4 is 5.32 Å². The Hall–Kier alpha value is -2.69. The van der Waals surface area contributed by atoms with Crippen LogP contribution in [0.2, 0.25) is 0 Å². The Bertz CT molecular complexity index is 753. The molecule has 170 valence electrons. The lowest BCUT2D eigenvalue weighted by Gasteiger charge is -2.20. The van der Waals surface area contributed by atoms with Gasteiger partial charge in [-0.25, -0.2) is 4.79 Å². The van der Waals surface area contributed by atoms with Crippen LogP contribution in [-0.4, -0.2) is 27.2 Å². The molecular formula is C26H38N2O3. The molecule has 1 heterocycles. The predicted molar refractivity (Wildman–Crippen MR) is 128 cm³/mol. The van der Waals surface area contributed by atoms with Gasteiger partial charge in [0, 0.05) is 18.3 Å². The molecule has 0 saturated heterocycles. The third kappa shape index (κ3) is 10.8. The van der Waals surface area contributed by atoms with Crippen molar-refractivity contribution in [1.82, 2.24) is 4.98 Å². The van der Waals surface area contributed by atoms with E-state index in [1.165, 1.54) is 50.2 Å². The van der Waals surface area contributed by atoms with Crippen molar-refractivity contribution in [3.05, 3.63) is 60.3 Å². The van der Waals surface area contributed by atoms with E-state index in [0.29, 0.717) is 11.7 Å². The Labute approximate surface area is 186 Å². The third-order valence-electron chi connectivity index (χ3n) is 5.71. The maximum atomic E-state index is 11.0. The fourth-order valence-electron chi connectivity index (χ4n) is 4.01. The van der Waals surface area contributed by atoms with Gasteiger partial charge in [-0.3, -0.25) is 0 Å². The number of benzene rings is 1. The molecule has 5 nitrogen and oxygen atoms in total. The van der Waals surface area contributed by atoms with Gasteiger partial charge in [-0.1, -0.05) is 76.5 Å². The molecule has 5 heteroatoms. The van der Waals surface area contributed by atoms with Crippen LogP contribution >= 0.6 is 0 Å². The van der Waals surface area contributed by atoms with Crippen LogP contribution in [-0.2, 0) is 11.2 Å². The van der Waals surface area contributed by atoms with E-state index in [1.807, 2.05) is 30.5 Å². The van der Waals surface area contributed by atoms with Gasteiger partial charge in [-0.2, -0.15) is 0 Å². The molecule has 0 saturated carbocycles. The zero-order valence-electron chi connectivity index (χ0n) is 18.7. The molecule has 0 fully saturated rings. The minimum Gasteiger partial charge on any atom is -0.508 e. The van der Waals surface area contributed by atoms with Crippen molar-refractivity contribution in [3.8, 4) is 5.75 Å². The van der Waals surface area contributed by atoms with Gasteiger partial charge in [0.25, 0.3) is 0 Å². The molecule has 0 aliphatic heterocycles. The second-order valence-electron chi connectivity index (χ2n) is 8.40. The summed E-state index contributed by atoms with van der Waals surface area (Å²) in [5.41, 5.74) is 1.27. The molecule has 0 spiro atoms. The number of H-pyrrole nitrogens is 1. The molecule has 31 heavy (non-hydrogen) atoms. The number of anilines is 1. The Morgan fingerprint density at radius 1 is 1.03 bits per heavy atom. The van der Waals surface area contributed by atoms with E-state index >= 15 is 0 Å². The number of hydrogen-bond donors (Lipinski definition) is 4. The Morgan fingerprint density at radius 2 is 1.77 bits per heavy atom. The van der Waals surface area contributed by atoms with Crippen molar-refractivity contribution in [1.29, 1.82) is 0 Å². The highest BCUT2D eigenvalue weighted by Crippen LogP contribution is 2.24. The quantitative estimate of drug-likeness (QED) is 0.181. The van der Waals surface area contributed by atoms with Crippen LogP contribution in [0.1, 0.15) is 70.3 Å². The molecule has 4 N–H and O–H groups in total. The first-order valence-electron chi connectivity index (χ1n) is 11.7. The number of phenols is 1. The lowest BCUT2D eigenvalue weighted by atomic mass is 9.88. The van der Waals surface area contributed by atoms with Gasteiger partial charge in [0.15, 0.2) is 0 Å². The summed E-state index contributed by atoms with van der Waals surface area (Å²) in [6.07, 6.45) is 16.5. The summed E-state index contributed by atoms with van der Waals surface area (Å²) in [5, 5.41) is 21.9. The summed E-state index contributed by atoms with van der Waals surface area (Å²) in [6, 6.07) is 11.4. The molecule has 1 aromatic heterocycles. The minimum atomic E-state index is -0.921. The summed E-state index contributed by atoms with van der Waals surface area (Å²) >= 11 is 0. The maximum Gasteiger partial charge on any atom is 0.328 e. The van der Waals surface area contributed by atoms with Crippen molar-refractivity contribution >= 4 is 11.8 Å². The van der Waals surface area contributed by atoms with Crippen LogP contribution in [0.15, 0.2) is 54.7 Å². The van der Waals surface area contributed by atoms with Crippen LogP contribution in [0.3, 0.4) is 0 Å². The zero-order chi connectivity index (χ0) is 22.3. The number of rotatable bonds is 16. The highest BCUT2D eigenvalue weighted by Gasteiger charge is 2.13. The summed E-state index contributed by atoms with van der Waals surface area (Å²) in [6.45, 7) is 2.24. The molecule has 2 atom stereocenters. The van der Waals surface area contributed by atoms with Crippen LogP contribution in [0, 0.1) is 5.92 Å². The van der Waals surface area contributed by atoms with Gasteiger partial charge in [-0.15, -0.1) is 0 Å². The standard InChI is InChI=1S/C26H38N2O3/c1-2-3-4-5-6-9-21(20-22-13-16-24(29)17-14-22)10-7-11-23(15-18-26(30)31)28-25-12-8-19-27-25/h8,12-19,21,23,27-29H,2-7,9-11,20H2,1H3,(H,30,31)/b18-15+/t21-,23-/m1/s1. The average molecular weight is 427 g/mol. The molecule has 2 rings (SSSR count). The molecule has 0 unspecified atom stereocenters. The molecule has 1 aromatic carbocycles. The normalized spacial score (nSPS) is 13.3. The first-order chi connectivity index (χ1) is 15.1. The molecule has 2 aromatic rings. The Balaban J connectivity index is 1.89. The smallest absolute Gasteiger partial charge is 0.328 e. The van der Waals surface area contributed by atoms with Gasteiger partial charge in [0.2, 0.25) is 0 Å². The number of hydrogen-bond acceptors (Lipinski definition) is 3. The molecule has 0 aliphatic carbocycles. The lowest BCUT2D eigenvalue weighted by molar-refractivity contribution is -0.131. The van der Waals surface area contributed by atoms with Crippen LogP contribution in [0.25, 0.3) is 0 Å². The van der Waals surface area contributed by atoms with Gasteiger partial charge >= 0.3 is 5.97 Å². The highest BCUT2D eigenvalue weighted by atomic mass is 16.4. The number of phenolic OH excluding ortho intramolecular Hbond substituents is 1. The number of aromatic hydroxyl groups is 1. The summed E-state index contributed by atoms with van der Waals surface area (Å²) in [7, 11) is 0. The lowest BCUT2D eigenvalue weighted by Crippen LogP contribution is -2.18. The number of nitrogens with one attached hydrogen (secondary N) is 2. The fraction of sp³-hybridized carbons (Fsp3) is 0.500. The third-order valence-corrected chi connectivity index (χ3v) is 5.71. The number of carbonyl (C=O) groups is 1. The first-order valence-corrected chi connectivity index (χ1v) is 11.7. The number of carboxylic acid groups (broad SMARTS) is 1. The number of carboxylic acids is 1. The Kier molecular flexibility index (Phi) is 11.4. The van der Waals surface area contributed by atoms with E-state index in [-0.39, 0.29) is 6.04 Å². The largest absolute Gasteiger partial charge is 0.508 e. The summed E-state index contributed by atoms with van der Waals surface area (Å²) in [5.74, 6) is 0.885. The van der Waals surface area contributed by atoms with Crippen molar-refractivity contribution in [2.24, 2.45) is 5.92 Å². The number of aromatic amines is 1. The Morgan fingerprint density at radius 3 is 2.45 bits per heavy atom. The van der Waals surface area contributed by atoms with Gasteiger partial charge in [0.1, 0.15) is 11.6 Å². The summed E-state index contributed by atoms with van der Waals surface area (Å²) < 4.78 is 0. The van der Waals surface area contributed by atoms with E-state index in [2.05, 4.69) is 17.2 Å². The van der Waals surface area contributed by atoms with E-state index in [1.54, 1.807) is 18.2 Å². The van der Waals surface area contributed by atoms with Gasteiger partial charge in [-0.05, 0) is 48.6 Å². The fourth-order valence-corrected chi connectivity index (χ4v) is 4.01. The monoisotopic (exact) mass is 426 g/mol. The molecule has 0 amide bonds. The zero-order valence-corrected chi connectivity index (χ0v) is 18.7. The molecule has 0 aliphatic rings. The second-order valence-corrected chi connectivity index (χ2v) is 8.40. The minimum absolute atomic E-state index is 0.0198. The van der Waals surface area contributed by atoms with Crippen molar-refractivity contribution in [2.45, 2.75) is 77.2 Å². The van der Waals surface area contributed by atoms with E-state index < -0.39 is 5.97 Å². The first kappa shape index (κ1) is 24.6. The molecule has 0 bridgehead atoms. The van der Waals surface area contributed by atoms with Crippen LogP contribution in [0.5, 0.6) is 5.75 Å². The SMILES string of the molecule is CCCCCCC[C@H](CCC[C@H](/C=C/C(=O)O)Nc1ccc[nH]1)Cc1ccc(O)cc1. The second kappa shape index (κ2) is 14.3.